The van der Waals surface area contributed by atoms with E-state index >= 15 is 0 Å². The first kappa shape index (κ1) is 23.5. The number of hydrazone groups is 1. The van der Waals surface area contributed by atoms with Gasteiger partial charge in [0.25, 0.3) is 5.91 Å². The molecule has 5 rings (SSSR count). The van der Waals surface area contributed by atoms with Gasteiger partial charge in [-0.15, -0.1) is 0 Å². The molecule has 0 spiro atoms. The fourth-order valence-electron chi connectivity index (χ4n) is 3.72. The summed E-state index contributed by atoms with van der Waals surface area (Å²) in [7, 11) is 1.52. The number of fused-ring (bicyclic) bond motifs is 1. The Kier molecular flexibility index (Phi) is 6.39. The number of nitrogens with zero attached hydrogens (tertiary/aromatic N) is 3. The van der Waals surface area contributed by atoms with Gasteiger partial charge in [0.2, 0.25) is 5.17 Å². The molecule has 0 saturated carbocycles. The van der Waals surface area contributed by atoms with Crippen LogP contribution in [0.25, 0.3) is 6.08 Å². The van der Waals surface area contributed by atoms with Gasteiger partial charge in [0.15, 0.2) is 17.3 Å². The summed E-state index contributed by atoms with van der Waals surface area (Å²) in [5.74, 6) is 0.102. The molecule has 0 bridgehead atoms. The minimum atomic E-state index is -0.504. The molecule has 180 valence electrons. The van der Waals surface area contributed by atoms with Crippen LogP contribution in [0.5, 0.6) is 11.5 Å². The Balaban J connectivity index is 1.38. The third-order valence-corrected chi connectivity index (χ3v) is 6.58. The maximum absolute atomic E-state index is 13.1. The van der Waals surface area contributed by atoms with Crippen LogP contribution in [-0.4, -0.2) is 34.1 Å². The van der Waals surface area contributed by atoms with Crippen molar-refractivity contribution in [1.82, 2.24) is 5.01 Å². The van der Waals surface area contributed by atoms with Crippen molar-refractivity contribution in [1.29, 1.82) is 5.41 Å². The summed E-state index contributed by atoms with van der Waals surface area (Å²) in [5.41, 5.74) is 3.56. The minimum absolute atomic E-state index is 0.0447. The van der Waals surface area contributed by atoms with E-state index in [9.17, 15) is 9.18 Å². The highest BCUT2D eigenvalue weighted by atomic mass is 32.2. The molecule has 0 fully saturated rings. The van der Waals surface area contributed by atoms with Gasteiger partial charge in [-0.05, 0) is 65.7 Å². The molecule has 1 N–H and O–H groups in total. The second kappa shape index (κ2) is 9.79. The maximum atomic E-state index is 13.1. The Morgan fingerprint density at radius 1 is 1.08 bits per heavy atom. The Morgan fingerprint density at radius 3 is 2.61 bits per heavy atom. The van der Waals surface area contributed by atoms with Crippen molar-refractivity contribution >= 4 is 39.8 Å². The van der Waals surface area contributed by atoms with Gasteiger partial charge in [-0.3, -0.25) is 10.2 Å². The molecule has 36 heavy (non-hydrogen) atoms. The zero-order valence-corrected chi connectivity index (χ0v) is 20.3. The number of carbonyl (C=O) groups is 1. The first-order chi connectivity index (χ1) is 17.4. The van der Waals surface area contributed by atoms with E-state index in [0.29, 0.717) is 27.3 Å². The van der Waals surface area contributed by atoms with Crippen LogP contribution in [0.4, 0.5) is 4.39 Å². The lowest BCUT2D eigenvalue weighted by Gasteiger charge is -2.20. The molecule has 2 aliphatic rings. The second-order valence-electron chi connectivity index (χ2n) is 8.07. The van der Waals surface area contributed by atoms with Crippen molar-refractivity contribution in [2.45, 2.75) is 13.5 Å². The fourth-order valence-corrected chi connectivity index (χ4v) is 4.70. The van der Waals surface area contributed by atoms with Gasteiger partial charge in [-0.25, -0.2) is 4.39 Å². The van der Waals surface area contributed by atoms with E-state index in [1.54, 1.807) is 36.4 Å². The summed E-state index contributed by atoms with van der Waals surface area (Å²) in [6.45, 7) is 2.23. The van der Waals surface area contributed by atoms with Gasteiger partial charge in [-0.1, -0.05) is 42.5 Å². The van der Waals surface area contributed by atoms with Crippen LogP contribution in [0, 0.1) is 18.2 Å². The lowest BCUT2D eigenvalue weighted by molar-refractivity contribution is -0.114. The standard InChI is InChI=1S/C27H21FN4O3S/c1-16-5-3-4-6-20(16)26-31-32-24(29)21(25(33)30-27(32)36-26)13-18-9-12-22(23(14-18)34-2)35-15-17-7-10-19(28)11-8-17/h3-14,29H,15H2,1-2H3/b21-13+,29-24?. The second-order valence-corrected chi connectivity index (χ2v) is 9.02. The molecule has 3 aromatic rings. The summed E-state index contributed by atoms with van der Waals surface area (Å²) < 4.78 is 24.4. The monoisotopic (exact) mass is 500 g/mol. The van der Waals surface area contributed by atoms with E-state index in [2.05, 4.69) is 10.1 Å². The zero-order chi connectivity index (χ0) is 25.2. The topological polar surface area (TPSA) is 87.3 Å². The molecule has 9 heteroatoms. The Labute approximate surface area is 211 Å². The van der Waals surface area contributed by atoms with Crippen molar-refractivity contribution in [3.8, 4) is 11.5 Å². The van der Waals surface area contributed by atoms with Crippen molar-refractivity contribution in [3.05, 3.63) is 100 Å². The van der Waals surface area contributed by atoms with E-state index in [0.717, 1.165) is 16.7 Å². The number of aryl methyl sites for hydroxylation is 1. The van der Waals surface area contributed by atoms with Gasteiger partial charge in [0.05, 0.1) is 12.7 Å². The van der Waals surface area contributed by atoms with E-state index in [4.69, 9.17) is 14.9 Å². The molecule has 7 nitrogen and oxygen atoms in total. The van der Waals surface area contributed by atoms with Crippen LogP contribution in [0.3, 0.4) is 0 Å². The number of ether oxygens (including phenoxy) is 2. The molecule has 0 unspecified atom stereocenters. The van der Waals surface area contributed by atoms with Gasteiger partial charge >= 0.3 is 0 Å². The number of amides is 1. The zero-order valence-electron chi connectivity index (χ0n) is 19.5. The smallest absolute Gasteiger partial charge is 0.283 e. The number of halogens is 1. The van der Waals surface area contributed by atoms with Crippen molar-refractivity contribution in [2.24, 2.45) is 10.1 Å². The molecule has 0 radical (unpaired) electrons. The van der Waals surface area contributed by atoms with E-state index in [1.807, 2.05) is 31.2 Å². The number of nitrogens with one attached hydrogen (secondary N) is 1. The highest BCUT2D eigenvalue weighted by Gasteiger charge is 2.36. The van der Waals surface area contributed by atoms with Crippen LogP contribution in [0.2, 0.25) is 0 Å². The van der Waals surface area contributed by atoms with Gasteiger partial charge in [-0.2, -0.15) is 15.1 Å². The van der Waals surface area contributed by atoms with Gasteiger partial charge in [0, 0.05) is 5.56 Å². The predicted molar refractivity (Wildman–Crippen MR) is 139 cm³/mol. The molecular formula is C27H21FN4O3S. The van der Waals surface area contributed by atoms with Crippen LogP contribution in [-0.2, 0) is 11.4 Å². The fraction of sp³-hybridized carbons (Fsp3) is 0.111. The van der Waals surface area contributed by atoms with E-state index in [-0.39, 0.29) is 23.8 Å². The molecule has 1 amide bonds. The number of thioether (sulfide) groups is 1. The minimum Gasteiger partial charge on any atom is -0.493 e. The molecule has 2 aliphatic heterocycles. The number of amidine groups is 2. The Morgan fingerprint density at radius 2 is 1.86 bits per heavy atom. The van der Waals surface area contributed by atoms with Crippen LogP contribution < -0.4 is 9.47 Å². The summed E-state index contributed by atoms with van der Waals surface area (Å²) >= 11 is 1.27. The van der Waals surface area contributed by atoms with Gasteiger partial charge in [0.1, 0.15) is 17.5 Å². The number of methoxy groups -OCH3 is 1. The summed E-state index contributed by atoms with van der Waals surface area (Å²) in [6.07, 6.45) is 1.59. The normalized spacial score (nSPS) is 16.1. The first-order valence-electron chi connectivity index (χ1n) is 11.0. The number of aliphatic imine (C=N–C) groups is 1. The highest BCUT2D eigenvalue weighted by molar-refractivity contribution is 8.27. The van der Waals surface area contributed by atoms with E-state index < -0.39 is 5.91 Å². The Hall–Kier alpha value is -4.24. The molecule has 0 atom stereocenters. The van der Waals surface area contributed by atoms with Crippen molar-refractivity contribution < 1.29 is 18.7 Å². The third-order valence-electron chi connectivity index (χ3n) is 5.64. The lowest BCUT2D eigenvalue weighted by Crippen LogP contribution is -2.35. The maximum Gasteiger partial charge on any atom is 0.283 e. The number of carbonyl (C=O) groups excluding carboxylic acids is 1. The average molecular weight is 501 g/mol. The number of benzene rings is 3. The Bertz CT molecular complexity index is 1460. The first-order valence-corrected chi connectivity index (χ1v) is 11.9. The van der Waals surface area contributed by atoms with E-state index in [1.165, 1.54) is 36.0 Å². The average Bonchev–Trinajstić information content (AvgIpc) is 3.30. The van der Waals surface area contributed by atoms with Crippen LogP contribution in [0.15, 0.2) is 82.4 Å². The molecular weight excluding hydrogens is 479 g/mol. The predicted octanol–water partition coefficient (Wildman–Crippen LogP) is 5.39. The van der Waals surface area contributed by atoms with Crippen molar-refractivity contribution in [2.75, 3.05) is 7.11 Å². The molecule has 0 aromatic heterocycles. The quantitative estimate of drug-likeness (QED) is 0.459. The molecule has 2 heterocycles. The highest BCUT2D eigenvalue weighted by Crippen LogP contribution is 2.33. The largest absolute Gasteiger partial charge is 0.493 e. The summed E-state index contributed by atoms with van der Waals surface area (Å²) in [6, 6.07) is 19.1. The van der Waals surface area contributed by atoms with Crippen LogP contribution in [0.1, 0.15) is 22.3 Å². The summed E-state index contributed by atoms with van der Waals surface area (Å²) in [5, 5.41) is 15.6. The number of hydrogen-bond donors (Lipinski definition) is 1. The molecule has 0 saturated heterocycles. The molecule has 0 aliphatic carbocycles. The number of rotatable bonds is 6. The SMILES string of the molecule is COc1cc(/C=C2\C(=N)N3N=C(c4ccccc4C)SC3=NC2=O)ccc1OCc1ccc(F)cc1. The lowest BCUT2D eigenvalue weighted by atomic mass is 10.1. The van der Waals surface area contributed by atoms with Crippen molar-refractivity contribution in [3.63, 3.8) is 0 Å². The summed E-state index contributed by atoms with van der Waals surface area (Å²) in [4.78, 5) is 17.0. The third kappa shape index (κ3) is 4.65. The molecule has 3 aromatic carbocycles. The number of hydrogen-bond acceptors (Lipinski definition) is 6. The van der Waals surface area contributed by atoms with Crippen LogP contribution >= 0.6 is 11.8 Å². The van der Waals surface area contributed by atoms with Gasteiger partial charge < -0.3 is 9.47 Å².